The van der Waals surface area contributed by atoms with Crippen LogP contribution in [-0.4, -0.2) is 54.3 Å². The highest BCUT2D eigenvalue weighted by Gasteiger charge is 2.18. The maximum absolute atomic E-state index is 12.1. The monoisotopic (exact) mass is 424 g/mol. The molecule has 0 saturated carbocycles. The summed E-state index contributed by atoms with van der Waals surface area (Å²) in [6.45, 7) is 5.97. The molecule has 6 nitrogen and oxygen atoms in total. The number of ketones is 1. The molecule has 1 N–H and O–H groups in total. The lowest BCUT2D eigenvalue weighted by atomic mass is 10.1. The Labute approximate surface area is 178 Å². The average molecular weight is 425 g/mol. The SMILES string of the molecule is CC(=O)c1ccc(NC(=O)CCN2CCN(c3ccccn3)CC2)cc1.Cl.Cl. The standard InChI is InChI=1S/C20H24N4O2.2ClH/c1-16(25)17-5-7-18(8-6-17)22-20(26)9-11-23-12-14-24(15-13-23)19-4-2-3-10-21-19;;/h2-8,10H,9,11-15H2,1H3,(H,22,26);2*1H. The summed E-state index contributed by atoms with van der Waals surface area (Å²) in [4.78, 5) is 32.4. The fourth-order valence-corrected chi connectivity index (χ4v) is 3.01. The number of amides is 1. The fourth-order valence-electron chi connectivity index (χ4n) is 3.01. The third kappa shape index (κ3) is 6.78. The van der Waals surface area contributed by atoms with Gasteiger partial charge in [-0.15, -0.1) is 24.8 Å². The number of hydrogen-bond acceptors (Lipinski definition) is 5. The van der Waals surface area contributed by atoms with Gasteiger partial charge in [0.2, 0.25) is 5.91 Å². The van der Waals surface area contributed by atoms with E-state index in [1.54, 1.807) is 24.3 Å². The summed E-state index contributed by atoms with van der Waals surface area (Å²) in [7, 11) is 0. The van der Waals surface area contributed by atoms with Gasteiger partial charge in [0.05, 0.1) is 0 Å². The number of nitrogens with one attached hydrogen (secondary N) is 1. The number of aromatic nitrogens is 1. The number of Topliss-reactive ketones (excluding diaryl/α,β-unsaturated/α-hetero) is 1. The number of rotatable bonds is 6. The van der Waals surface area contributed by atoms with Crippen molar-refractivity contribution in [3.05, 3.63) is 54.2 Å². The molecule has 28 heavy (non-hydrogen) atoms. The molecule has 0 spiro atoms. The number of pyridine rings is 1. The minimum Gasteiger partial charge on any atom is -0.354 e. The van der Waals surface area contributed by atoms with Crippen molar-refractivity contribution in [3.8, 4) is 0 Å². The predicted molar refractivity (Wildman–Crippen MR) is 117 cm³/mol. The number of carbonyl (C=O) groups is 2. The predicted octanol–water partition coefficient (Wildman–Crippen LogP) is 3.28. The van der Waals surface area contributed by atoms with Crippen molar-refractivity contribution in [2.45, 2.75) is 13.3 Å². The first-order valence-corrected chi connectivity index (χ1v) is 8.91. The highest BCUT2D eigenvalue weighted by atomic mass is 35.5. The molecule has 0 aliphatic carbocycles. The minimum absolute atomic E-state index is 0. The van der Waals surface area contributed by atoms with Crippen LogP contribution >= 0.6 is 24.8 Å². The van der Waals surface area contributed by atoms with E-state index >= 15 is 0 Å². The van der Waals surface area contributed by atoms with Crippen LogP contribution in [0.5, 0.6) is 0 Å². The summed E-state index contributed by atoms with van der Waals surface area (Å²) in [5.74, 6) is 1.03. The summed E-state index contributed by atoms with van der Waals surface area (Å²) in [5.41, 5.74) is 1.37. The second-order valence-electron chi connectivity index (χ2n) is 6.45. The van der Waals surface area contributed by atoms with Crippen molar-refractivity contribution in [1.82, 2.24) is 9.88 Å². The van der Waals surface area contributed by atoms with E-state index in [-0.39, 0.29) is 36.5 Å². The molecular formula is C20H26Cl2N4O2. The Morgan fingerprint density at radius 1 is 1.00 bits per heavy atom. The van der Waals surface area contributed by atoms with Crippen molar-refractivity contribution >= 4 is 48.0 Å². The summed E-state index contributed by atoms with van der Waals surface area (Å²) < 4.78 is 0. The quantitative estimate of drug-likeness (QED) is 0.720. The van der Waals surface area contributed by atoms with Gasteiger partial charge in [0, 0.05) is 56.6 Å². The van der Waals surface area contributed by atoms with Crippen molar-refractivity contribution in [1.29, 1.82) is 0 Å². The van der Waals surface area contributed by atoms with E-state index in [4.69, 9.17) is 0 Å². The Kier molecular flexibility index (Phi) is 9.93. The number of carbonyl (C=O) groups excluding carboxylic acids is 2. The smallest absolute Gasteiger partial charge is 0.225 e. The van der Waals surface area contributed by atoms with E-state index in [1.807, 2.05) is 24.4 Å². The van der Waals surface area contributed by atoms with Crippen LogP contribution in [0.4, 0.5) is 11.5 Å². The second-order valence-corrected chi connectivity index (χ2v) is 6.45. The first kappa shape index (κ1) is 23.9. The summed E-state index contributed by atoms with van der Waals surface area (Å²) in [6, 6.07) is 12.9. The number of nitrogens with zero attached hydrogens (tertiary/aromatic N) is 3. The van der Waals surface area contributed by atoms with Crippen LogP contribution in [-0.2, 0) is 4.79 Å². The zero-order chi connectivity index (χ0) is 18.4. The largest absolute Gasteiger partial charge is 0.354 e. The molecule has 2 heterocycles. The lowest BCUT2D eigenvalue weighted by Gasteiger charge is -2.35. The Morgan fingerprint density at radius 2 is 1.68 bits per heavy atom. The van der Waals surface area contributed by atoms with E-state index in [9.17, 15) is 9.59 Å². The zero-order valence-electron chi connectivity index (χ0n) is 15.8. The Balaban J connectivity index is 0.00000196. The van der Waals surface area contributed by atoms with Gasteiger partial charge in [0.25, 0.3) is 0 Å². The first-order chi connectivity index (χ1) is 12.6. The van der Waals surface area contributed by atoms with Gasteiger partial charge in [-0.25, -0.2) is 4.98 Å². The Morgan fingerprint density at radius 3 is 2.25 bits per heavy atom. The van der Waals surface area contributed by atoms with Crippen molar-refractivity contribution in [2.75, 3.05) is 42.9 Å². The number of piperazine rings is 1. The van der Waals surface area contributed by atoms with Gasteiger partial charge >= 0.3 is 0 Å². The number of anilines is 2. The summed E-state index contributed by atoms with van der Waals surface area (Å²) in [6.07, 6.45) is 2.27. The minimum atomic E-state index is -0.00673. The lowest BCUT2D eigenvalue weighted by molar-refractivity contribution is -0.116. The summed E-state index contributed by atoms with van der Waals surface area (Å²) in [5, 5.41) is 2.88. The van der Waals surface area contributed by atoms with Gasteiger partial charge in [0.15, 0.2) is 5.78 Å². The first-order valence-electron chi connectivity index (χ1n) is 8.91. The second kappa shape index (κ2) is 11.6. The van der Waals surface area contributed by atoms with Crippen molar-refractivity contribution in [2.24, 2.45) is 0 Å². The van der Waals surface area contributed by atoms with E-state index in [1.165, 1.54) is 6.92 Å². The van der Waals surface area contributed by atoms with E-state index < -0.39 is 0 Å². The average Bonchev–Trinajstić information content (AvgIpc) is 2.68. The van der Waals surface area contributed by atoms with Gasteiger partial charge in [-0.05, 0) is 43.3 Å². The number of benzene rings is 1. The molecule has 1 aromatic heterocycles. The highest BCUT2D eigenvalue weighted by molar-refractivity contribution is 5.95. The molecule has 3 rings (SSSR count). The van der Waals surface area contributed by atoms with Crippen LogP contribution in [0.1, 0.15) is 23.7 Å². The zero-order valence-corrected chi connectivity index (χ0v) is 17.5. The van der Waals surface area contributed by atoms with E-state index in [0.29, 0.717) is 12.0 Å². The molecule has 0 bridgehead atoms. The molecule has 2 aromatic rings. The van der Waals surface area contributed by atoms with Gasteiger partial charge in [-0.2, -0.15) is 0 Å². The molecule has 1 aliphatic heterocycles. The maximum atomic E-state index is 12.1. The molecule has 1 amide bonds. The van der Waals surface area contributed by atoms with Crippen LogP contribution < -0.4 is 10.2 Å². The molecule has 1 aromatic carbocycles. The molecule has 1 saturated heterocycles. The lowest BCUT2D eigenvalue weighted by Crippen LogP contribution is -2.47. The third-order valence-electron chi connectivity index (χ3n) is 4.58. The van der Waals surface area contributed by atoms with Crippen LogP contribution in [0.3, 0.4) is 0 Å². The highest BCUT2D eigenvalue weighted by Crippen LogP contribution is 2.13. The molecule has 152 valence electrons. The van der Waals surface area contributed by atoms with E-state index in [0.717, 1.165) is 44.2 Å². The Bertz CT molecular complexity index is 749. The topological polar surface area (TPSA) is 65.5 Å². The van der Waals surface area contributed by atoms with E-state index in [2.05, 4.69) is 20.1 Å². The Hall–Kier alpha value is -2.15. The van der Waals surface area contributed by atoms with Gasteiger partial charge in [-0.3, -0.25) is 14.5 Å². The van der Waals surface area contributed by atoms with Gasteiger partial charge in [0.1, 0.15) is 5.82 Å². The molecule has 1 fully saturated rings. The van der Waals surface area contributed by atoms with Crippen LogP contribution in [0.25, 0.3) is 0 Å². The molecule has 0 radical (unpaired) electrons. The maximum Gasteiger partial charge on any atom is 0.225 e. The summed E-state index contributed by atoms with van der Waals surface area (Å²) >= 11 is 0. The normalized spacial score (nSPS) is 13.8. The number of halogens is 2. The molecular weight excluding hydrogens is 399 g/mol. The number of hydrogen-bond donors (Lipinski definition) is 1. The molecule has 0 atom stereocenters. The van der Waals surface area contributed by atoms with Gasteiger partial charge < -0.3 is 10.2 Å². The van der Waals surface area contributed by atoms with Gasteiger partial charge in [-0.1, -0.05) is 6.07 Å². The van der Waals surface area contributed by atoms with Crippen LogP contribution in [0, 0.1) is 0 Å². The third-order valence-corrected chi connectivity index (χ3v) is 4.58. The molecule has 1 aliphatic rings. The van der Waals surface area contributed by atoms with Crippen LogP contribution in [0.15, 0.2) is 48.7 Å². The fraction of sp³-hybridized carbons (Fsp3) is 0.350. The van der Waals surface area contributed by atoms with Crippen LogP contribution in [0.2, 0.25) is 0 Å². The van der Waals surface area contributed by atoms with Crippen molar-refractivity contribution in [3.63, 3.8) is 0 Å². The molecule has 8 heteroatoms. The molecule has 0 unspecified atom stereocenters. The van der Waals surface area contributed by atoms with Crippen molar-refractivity contribution < 1.29 is 9.59 Å².